The number of hydrogen-bond acceptors (Lipinski definition) is 4. The molecule has 0 aliphatic rings. The lowest BCUT2D eigenvalue weighted by Gasteiger charge is -2.19. The van der Waals surface area contributed by atoms with Crippen LogP contribution in [-0.2, 0) is 0 Å². The molecular weight excluding hydrogens is 336 g/mol. The van der Waals surface area contributed by atoms with Gasteiger partial charge in [0.1, 0.15) is 11.5 Å². The number of nitrogens with zero attached hydrogens (tertiary/aromatic N) is 2. The van der Waals surface area contributed by atoms with Crippen LogP contribution in [0.25, 0.3) is 0 Å². The van der Waals surface area contributed by atoms with Crippen LogP contribution in [-0.4, -0.2) is 35.7 Å². The average Bonchev–Trinajstić information content (AvgIpc) is 2.56. The molecule has 0 aromatic heterocycles. The molecule has 0 radical (unpaired) electrons. The van der Waals surface area contributed by atoms with E-state index in [2.05, 4.69) is 23.8 Å². The van der Waals surface area contributed by atoms with E-state index >= 15 is 0 Å². The molecule has 4 nitrogen and oxygen atoms in total. The Morgan fingerprint density at radius 3 is 1.48 bits per heavy atom. The van der Waals surface area contributed by atoms with Gasteiger partial charge in [0.15, 0.2) is 0 Å². The number of phenolic OH excluding ortho intramolecular Hbond substituents is 2. The first-order valence-corrected chi connectivity index (χ1v) is 9.19. The predicted molar refractivity (Wildman–Crippen MR) is 114 cm³/mol. The van der Waals surface area contributed by atoms with Gasteiger partial charge in [0.2, 0.25) is 0 Å². The Labute approximate surface area is 162 Å². The van der Waals surface area contributed by atoms with E-state index < -0.39 is 0 Å². The zero-order chi connectivity index (χ0) is 20.2. The van der Waals surface area contributed by atoms with Crippen molar-refractivity contribution >= 4 is 12.4 Å². The monoisotopic (exact) mass is 366 g/mol. The zero-order valence-corrected chi connectivity index (χ0v) is 17.2. The van der Waals surface area contributed by atoms with Gasteiger partial charge in [-0.1, -0.05) is 26.0 Å². The van der Waals surface area contributed by atoms with Crippen LogP contribution in [0.2, 0.25) is 0 Å². The molecule has 0 unspecified atom stereocenters. The van der Waals surface area contributed by atoms with Crippen LogP contribution in [0.5, 0.6) is 11.5 Å². The lowest BCUT2D eigenvalue weighted by Crippen LogP contribution is -2.19. The smallest absolute Gasteiger partial charge is 0.127 e. The van der Waals surface area contributed by atoms with Crippen molar-refractivity contribution in [3.05, 3.63) is 57.6 Å². The first-order chi connectivity index (χ1) is 12.6. The molecular formula is C23H30N2O2. The normalized spacial score (nSPS) is 12.4. The number of aryl methyl sites for hydroxylation is 4. The minimum atomic E-state index is -0.129. The number of aromatic hydroxyl groups is 2. The molecule has 0 amide bonds. The molecule has 0 aliphatic carbocycles. The van der Waals surface area contributed by atoms with E-state index in [1.807, 2.05) is 52.0 Å². The average molecular weight is 367 g/mol. The Hall–Kier alpha value is -2.62. The summed E-state index contributed by atoms with van der Waals surface area (Å²) in [5, 5.41) is 20.3. The van der Waals surface area contributed by atoms with Crippen molar-refractivity contribution in [2.75, 3.05) is 13.1 Å². The van der Waals surface area contributed by atoms with Gasteiger partial charge in [-0.15, -0.1) is 0 Å². The largest absolute Gasteiger partial charge is 0.507 e. The fourth-order valence-corrected chi connectivity index (χ4v) is 3.01. The molecule has 2 aromatic rings. The second-order valence-corrected chi connectivity index (χ2v) is 8.14. The Morgan fingerprint density at radius 1 is 0.741 bits per heavy atom. The van der Waals surface area contributed by atoms with E-state index in [1.54, 1.807) is 12.4 Å². The molecule has 144 valence electrons. The van der Waals surface area contributed by atoms with Crippen molar-refractivity contribution in [3.63, 3.8) is 0 Å². The van der Waals surface area contributed by atoms with Gasteiger partial charge in [-0.05, 0) is 62.1 Å². The highest BCUT2D eigenvalue weighted by Crippen LogP contribution is 2.24. The third kappa shape index (κ3) is 5.68. The molecule has 2 N–H and O–H groups in total. The predicted octanol–water partition coefficient (Wildman–Crippen LogP) is 4.90. The third-order valence-electron chi connectivity index (χ3n) is 4.45. The maximum atomic E-state index is 10.2. The summed E-state index contributed by atoms with van der Waals surface area (Å²) in [4.78, 5) is 9.04. The van der Waals surface area contributed by atoms with E-state index in [0.29, 0.717) is 13.1 Å². The molecule has 0 saturated carbocycles. The zero-order valence-electron chi connectivity index (χ0n) is 17.2. The molecule has 2 aromatic carbocycles. The highest BCUT2D eigenvalue weighted by Gasteiger charge is 2.16. The van der Waals surface area contributed by atoms with Crippen molar-refractivity contribution < 1.29 is 10.2 Å². The SMILES string of the molecule is Cc1cc(C)c(O)c(C=NCC(C)(C)CN=Cc2cc(C)cc(C)c2O)c1. The van der Waals surface area contributed by atoms with Crippen LogP contribution >= 0.6 is 0 Å². The first kappa shape index (κ1) is 20.7. The summed E-state index contributed by atoms with van der Waals surface area (Å²) in [5.74, 6) is 0.566. The Morgan fingerprint density at radius 2 is 1.11 bits per heavy atom. The van der Waals surface area contributed by atoms with Crippen LogP contribution < -0.4 is 0 Å². The van der Waals surface area contributed by atoms with Gasteiger partial charge in [-0.2, -0.15) is 0 Å². The van der Waals surface area contributed by atoms with Gasteiger partial charge >= 0.3 is 0 Å². The maximum absolute atomic E-state index is 10.2. The Balaban J connectivity index is 2.03. The van der Waals surface area contributed by atoms with E-state index in [9.17, 15) is 10.2 Å². The van der Waals surface area contributed by atoms with E-state index in [4.69, 9.17) is 0 Å². The highest BCUT2D eigenvalue weighted by molar-refractivity contribution is 5.85. The van der Waals surface area contributed by atoms with Gasteiger partial charge in [0.05, 0.1) is 0 Å². The summed E-state index contributed by atoms with van der Waals surface area (Å²) in [7, 11) is 0. The minimum absolute atomic E-state index is 0.129. The van der Waals surface area contributed by atoms with Crippen LogP contribution in [0.15, 0.2) is 34.3 Å². The fraction of sp³-hybridized carbons (Fsp3) is 0.391. The van der Waals surface area contributed by atoms with Gasteiger partial charge in [0, 0.05) is 42.1 Å². The molecule has 27 heavy (non-hydrogen) atoms. The van der Waals surface area contributed by atoms with Crippen molar-refractivity contribution in [2.24, 2.45) is 15.4 Å². The maximum Gasteiger partial charge on any atom is 0.127 e. The van der Waals surface area contributed by atoms with Crippen molar-refractivity contribution in [3.8, 4) is 11.5 Å². The number of hydrogen-bond donors (Lipinski definition) is 2. The van der Waals surface area contributed by atoms with Gasteiger partial charge < -0.3 is 10.2 Å². The second-order valence-electron chi connectivity index (χ2n) is 8.14. The summed E-state index contributed by atoms with van der Waals surface area (Å²) >= 11 is 0. The summed E-state index contributed by atoms with van der Waals surface area (Å²) in [6, 6.07) is 7.77. The minimum Gasteiger partial charge on any atom is -0.507 e. The number of rotatable bonds is 6. The summed E-state index contributed by atoms with van der Waals surface area (Å²) in [5.41, 5.74) is 5.27. The molecule has 4 heteroatoms. The molecule has 0 atom stereocenters. The second kappa shape index (κ2) is 8.38. The number of benzene rings is 2. The molecule has 0 heterocycles. The number of phenols is 2. The fourth-order valence-electron chi connectivity index (χ4n) is 3.01. The van der Waals surface area contributed by atoms with Crippen LogP contribution in [0.1, 0.15) is 47.2 Å². The van der Waals surface area contributed by atoms with Crippen molar-refractivity contribution in [1.29, 1.82) is 0 Å². The summed E-state index contributed by atoms with van der Waals surface area (Å²) in [6.45, 7) is 13.2. The van der Waals surface area contributed by atoms with Crippen LogP contribution in [0.3, 0.4) is 0 Å². The molecule has 0 saturated heterocycles. The van der Waals surface area contributed by atoms with Crippen molar-refractivity contribution in [2.45, 2.75) is 41.5 Å². The first-order valence-electron chi connectivity index (χ1n) is 9.19. The highest BCUT2D eigenvalue weighted by atomic mass is 16.3. The molecule has 0 bridgehead atoms. The van der Waals surface area contributed by atoms with Gasteiger partial charge in [-0.3, -0.25) is 9.98 Å². The Kier molecular flexibility index (Phi) is 6.42. The quantitative estimate of drug-likeness (QED) is 0.715. The van der Waals surface area contributed by atoms with Gasteiger partial charge in [-0.25, -0.2) is 0 Å². The summed E-state index contributed by atoms with van der Waals surface area (Å²) in [6.07, 6.45) is 3.47. The third-order valence-corrected chi connectivity index (χ3v) is 4.45. The lowest BCUT2D eigenvalue weighted by molar-refractivity contribution is 0.396. The van der Waals surface area contributed by atoms with E-state index in [0.717, 1.165) is 33.4 Å². The van der Waals surface area contributed by atoms with E-state index in [-0.39, 0.29) is 16.9 Å². The van der Waals surface area contributed by atoms with Crippen LogP contribution in [0.4, 0.5) is 0 Å². The molecule has 0 spiro atoms. The summed E-state index contributed by atoms with van der Waals surface area (Å²) < 4.78 is 0. The lowest BCUT2D eigenvalue weighted by atomic mass is 9.94. The topological polar surface area (TPSA) is 65.2 Å². The van der Waals surface area contributed by atoms with E-state index in [1.165, 1.54) is 0 Å². The standard InChI is InChI=1S/C23H30N2O2/c1-15-7-17(3)21(26)19(9-15)11-24-13-23(5,6)14-25-12-20-10-16(2)8-18(4)22(20)27/h7-12,26-27H,13-14H2,1-6H3. The molecule has 2 rings (SSSR count). The van der Waals surface area contributed by atoms with Gasteiger partial charge in [0.25, 0.3) is 0 Å². The Bertz CT molecular complexity index is 809. The molecule has 0 aliphatic heterocycles. The molecule has 0 fully saturated rings. The number of aliphatic imine (C=N–C) groups is 2. The van der Waals surface area contributed by atoms with Crippen molar-refractivity contribution in [1.82, 2.24) is 0 Å². The van der Waals surface area contributed by atoms with Crippen LogP contribution in [0, 0.1) is 33.1 Å².